The van der Waals surface area contributed by atoms with Gasteiger partial charge in [-0.15, -0.1) is 11.3 Å². The maximum Gasteiger partial charge on any atom is 0.215 e. The zero-order chi connectivity index (χ0) is 24.5. The summed E-state index contributed by atoms with van der Waals surface area (Å²) in [5.41, 5.74) is 9.02. The van der Waals surface area contributed by atoms with Gasteiger partial charge in [0.05, 0.1) is 5.56 Å². The smallest absolute Gasteiger partial charge is 0.215 e. The molecule has 6 rings (SSSR count). The van der Waals surface area contributed by atoms with E-state index >= 15 is 0 Å². The lowest BCUT2D eigenvalue weighted by Crippen LogP contribution is -2.46. The predicted molar refractivity (Wildman–Crippen MR) is 147 cm³/mol. The topological polar surface area (TPSA) is 84.1 Å². The molecule has 0 radical (unpaired) electrons. The predicted octanol–water partition coefficient (Wildman–Crippen LogP) is 5.32. The van der Waals surface area contributed by atoms with Gasteiger partial charge >= 0.3 is 0 Å². The number of piperazine rings is 1. The molecule has 5 aromatic rings. The fourth-order valence-electron chi connectivity index (χ4n) is 4.65. The number of hydrogen-bond donors (Lipinski definition) is 2. The first-order valence-electron chi connectivity index (χ1n) is 12.0. The molecule has 2 aromatic carbocycles. The Morgan fingerprint density at radius 3 is 2.69 bits per heavy atom. The van der Waals surface area contributed by atoms with E-state index in [2.05, 4.69) is 57.7 Å². The van der Waals surface area contributed by atoms with Crippen LogP contribution in [-0.2, 0) is 0 Å². The highest BCUT2D eigenvalue weighted by molar-refractivity contribution is 7.22. The minimum absolute atomic E-state index is 0.207. The van der Waals surface area contributed by atoms with Gasteiger partial charge in [0, 0.05) is 47.0 Å². The summed E-state index contributed by atoms with van der Waals surface area (Å²) < 4.78 is 1.19. The van der Waals surface area contributed by atoms with E-state index in [0.29, 0.717) is 11.3 Å². The van der Waals surface area contributed by atoms with E-state index in [1.54, 1.807) is 23.6 Å². The summed E-state index contributed by atoms with van der Waals surface area (Å²) in [5, 5.41) is 4.74. The van der Waals surface area contributed by atoms with E-state index < -0.39 is 0 Å². The van der Waals surface area contributed by atoms with Crippen LogP contribution in [0.2, 0.25) is 0 Å². The van der Waals surface area contributed by atoms with Crippen LogP contribution in [0, 0.1) is 0 Å². The van der Waals surface area contributed by atoms with Gasteiger partial charge in [-0.1, -0.05) is 54.6 Å². The quantitative estimate of drug-likeness (QED) is 0.324. The van der Waals surface area contributed by atoms with Crippen molar-refractivity contribution in [3.63, 3.8) is 0 Å². The van der Waals surface area contributed by atoms with Crippen molar-refractivity contribution >= 4 is 38.8 Å². The van der Waals surface area contributed by atoms with Crippen molar-refractivity contribution in [2.24, 2.45) is 0 Å². The number of pyridine rings is 2. The van der Waals surface area contributed by atoms with Crippen molar-refractivity contribution in [2.45, 2.75) is 6.04 Å². The van der Waals surface area contributed by atoms with E-state index in [1.165, 1.54) is 15.6 Å². The number of carbonyl (C=O) groups is 1. The molecular weight excluding hydrogens is 466 g/mol. The van der Waals surface area contributed by atoms with Gasteiger partial charge in [-0.2, -0.15) is 0 Å². The number of hydrogen-bond acceptors (Lipinski definition) is 7. The van der Waals surface area contributed by atoms with Crippen molar-refractivity contribution < 1.29 is 4.79 Å². The third-order valence-electron chi connectivity index (χ3n) is 6.54. The molecular formula is C29H25N5OS. The molecule has 1 aliphatic rings. The Hall–Kier alpha value is -4.07. The van der Waals surface area contributed by atoms with Crippen molar-refractivity contribution in [3.05, 3.63) is 108 Å². The van der Waals surface area contributed by atoms with E-state index in [-0.39, 0.29) is 17.6 Å². The van der Waals surface area contributed by atoms with Crippen LogP contribution >= 0.6 is 11.3 Å². The van der Waals surface area contributed by atoms with Crippen LogP contribution in [0.25, 0.3) is 20.5 Å². The minimum atomic E-state index is -0.223. The van der Waals surface area contributed by atoms with Gasteiger partial charge in [0.1, 0.15) is 17.3 Å². The van der Waals surface area contributed by atoms with Gasteiger partial charge in [0.15, 0.2) is 0 Å². The Morgan fingerprint density at radius 2 is 1.83 bits per heavy atom. The number of thiophene rings is 1. The number of benzene rings is 2. The van der Waals surface area contributed by atoms with Crippen LogP contribution in [-0.4, -0.2) is 35.4 Å². The number of fused-ring (bicyclic) bond motifs is 1. The van der Waals surface area contributed by atoms with Gasteiger partial charge in [0.25, 0.3) is 0 Å². The normalized spacial score (nSPS) is 15.8. The second-order valence-corrected chi connectivity index (χ2v) is 9.96. The number of ketones is 1. The van der Waals surface area contributed by atoms with E-state index in [1.807, 2.05) is 36.4 Å². The highest BCUT2D eigenvalue weighted by atomic mass is 32.1. The maximum absolute atomic E-state index is 13.5. The Bertz CT molecular complexity index is 1520. The highest BCUT2D eigenvalue weighted by Gasteiger charge is 2.23. The summed E-state index contributed by atoms with van der Waals surface area (Å²) in [6.45, 7) is 2.44. The van der Waals surface area contributed by atoms with Gasteiger partial charge < -0.3 is 16.0 Å². The lowest BCUT2D eigenvalue weighted by atomic mass is 10.0. The van der Waals surface area contributed by atoms with Crippen molar-refractivity contribution in [2.75, 3.05) is 30.3 Å². The molecule has 3 N–H and O–H groups in total. The summed E-state index contributed by atoms with van der Waals surface area (Å²) in [4.78, 5) is 25.9. The molecule has 0 bridgehead atoms. The molecule has 3 aromatic heterocycles. The molecule has 1 aliphatic heterocycles. The fraction of sp³-hybridized carbons (Fsp3) is 0.138. The van der Waals surface area contributed by atoms with Crippen LogP contribution < -0.4 is 16.0 Å². The van der Waals surface area contributed by atoms with Crippen LogP contribution in [0.4, 0.5) is 11.6 Å². The average molecular weight is 492 g/mol. The summed E-state index contributed by atoms with van der Waals surface area (Å²) in [5.74, 6) is 0.776. The summed E-state index contributed by atoms with van der Waals surface area (Å²) in [6.07, 6.45) is 1.73. The molecule has 1 atom stereocenters. The van der Waals surface area contributed by atoms with Crippen molar-refractivity contribution in [1.29, 1.82) is 0 Å². The number of nitrogens with zero attached hydrogens (tertiary/aromatic N) is 3. The van der Waals surface area contributed by atoms with Crippen LogP contribution in [0.15, 0.2) is 91.1 Å². The van der Waals surface area contributed by atoms with Crippen LogP contribution in [0.3, 0.4) is 0 Å². The first-order valence-corrected chi connectivity index (χ1v) is 12.8. The standard InChI is InChI=1S/C29H25N5OS/c30-29-22(15-21(17-32-29)26-16-20-9-4-5-11-25(20)36-26)28(35)23-10-6-12-27(33-23)34-14-13-31-24(18-34)19-7-2-1-3-8-19/h1-12,15-17,24,31H,13-14,18H2,(H2,30,32). The number of nitrogens with one attached hydrogen (secondary N) is 1. The third kappa shape index (κ3) is 4.34. The molecule has 36 heavy (non-hydrogen) atoms. The average Bonchev–Trinajstić information content (AvgIpc) is 3.38. The first kappa shape index (κ1) is 22.4. The summed E-state index contributed by atoms with van der Waals surface area (Å²) in [6, 6.07) is 28.4. The maximum atomic E-state index is 13.5. The largest absolute Gasteiger partial charge is 0.383 e. The second kappa shape index (κ2) is 9.53. The second-order valence-electron chi connectivity index (χ2n) is 8.88. The Labute approximate surface area is 213 Å². The molecule has 0 amide bonds. The summed E-state index contributed by atoms with van der Waals surface area (Å²) >= 11 is 1.67. The Kier molecular flexibility index (Phi) is 5.93. The molecule has 0 aliphatic carbocycles. The molecule has 1 saturated heterocycles. The van der Waals surface area contributed by atoms with Crippen LogP contribution in [0.1, 0.15) is 27.7 Å². The summed E-state index contributed by atoms with van der Waals surface area (Å²) in [7, 11) is 0. The van der Waals surface area contributed by atoms with Gasteiger partial charge in [-0.25, -0.2) is 9.97 Å². The number of anilines is 2. The van der Waals surface area contributed by atoms with E-state index in [4.69, 9.17) is 10.7 Å². The van der Waals surface area contributed by atoms with Crippen molar-refractivity contribution in [3.8, 4) is 10.4 Å². The number of carbonyl (C=O) groups excluding carboxylic acids is 1. The number of nitrogen functional groups attached to an aromatic ring is 1. The molecule has 7 heteroatoms. The van der Waals surface area contributed by atoms with Gasteiger partial charge in [0.2, 0.25) is 5.78 Å². The SMILES string of the molecule is Nc1ncc(-c2cc3ccccc3s2)cc1C(=O)c1cccc(N2CCNC(c3ccccc3)C2)n1. The molecule has 4 heterocycles. The molecule has 1 unspecified atom stereocenters. The lowest BCUT2D eigenvalue weighted by Gasteiger charge is -2.35. The third-order valence-corrected chi connectivity index (χ3v) is 7.71. The monoisotopic (exact) mass is 491 g/mol. The van der Waals surface area contributed by atoms with Gasteiger partial charge in [-0.05, 0) is 41.3 Å². The van der Waals surface area contributed by atoms with Crippen molar-refractivity contribution in [1.82, 2.24) is 15.3 Å². The number of aromatic nitrogens is 2. The molecule has 1 fully saturated rings. The fourth-order valence-corrected chi connectivity index (χ4v) is 5.69. The zero-order valence-corrected chi connectivity index (χ0v) is 20.4. The number of nitrogens with two attached hydrogens (primary N) is 1. The number of rotatable bonds is 5. The van der Waals surface area contributed by atoms with Gasteiger partial charge in [-0.3, -0.25) is 4.79 Å². The zero-order valence-electron chi connectivity index (χ0n) is 19.6. The Morgan fingerprint density at radius 1 is 1.00 bits per heavy atom. The first-order chi connectivity index (χ1) is 17.7. The highest BCUT2D eigenvalue weighted by Crippen LogP contribution is 2.34. The molecule has 6 nitrogen and oxygen atoms in total. The molecule has 178 valence electrons. The van der Waals surface area contributed by atoms with E-state index in [9.17, 15) is 4.79 Å². The molecule has 0 saturated carbocycles. The Balaban J connectivity index is 1.28. The van der Waals surface area contributed by atoms with E-state index in [0.717, 1.165) is 35.9 Å². The van der Waals surface area contributed by atoms with Crippen LogP contribution in [0.5, 0.6) is 0 Å². The molecule has 0 spiro atoms. The minimum Gasteiger partial charge on any atom is -0.383 e. The lowest BCUT2D eigenvalue weighted by molar-refractivity contribution is 0.103.